The summed E-state index contributed by atoms with van der Waals surface area (Å²) in [5.74, 6) is 0.516. The summed E-state index contributed by atoms with van der Waals surface area (Å²) in [4.78, 5) is 23.9. The molecule has 126 valence electrons. The Hall–Kier alpha value is -2.79. The molecule has 2 aromatic rings. The standard InChI is InChI=1S/C19H15ClN2O3/c20-14-2-5-17-12(8-14)7-13(10-25-17)19(24)21-15-3-4-16-11(9-15)1-6-18(23)22-16/h2-5,7-9H,1,6,10H2,(H,21,24)(H,22,23). The Morgan fingerprint density at radius 1 is 1.16 bits per heavy atom. The van der Waals surface area contributed by atoms with Crippen LogP contribution in [0.25, 0.3) is 6.08 Å². The predicted octanol–water partition coefficient (Wildman–Crippen LogP) is 3.64. The molecule has 25 heavy (non-hydrogen) atoms. The molecule has 2 N–H and O–H groups in total. The molecule has 0 fully saturated rings. The van der Waals surface area contributed by atoms with Crippen LogP contribution in [0.5, 0.6) is 5.75 Å². The summed E-state index contributed by atoms with van der Waals surface area (Å²) < 4.78 is 5.62. The van der Waals surface area contributed by atoms with Gasteiger partial charge in [0.2, 0.25) is 5.91 Å². The van der Waals surface area contributed by atoms with Crippen molar-refractivity contribution in [1.82, 2.24) is 0 Å². The molecule has 0 saturated heterocycles. The fraction of sp³-hybridized carbons (Fsp3) is 0.158. The maximum atomic E-state index is 12.5. The van der Waals surface area contributed by atoms with Gasteiger partial charge < -0.3 is 15.4 Å². The third-order valence-corrected chi connectivity index (χ3v) is 4.47. The molecule has 2 heterocycles. The first-order chi connectivity index (χ1) is 12.1. The molecule has 0 unspecified atom stereocenters. The van der Waals surface area contributed by atoms with E-state index >= 15 is 0 Å². The van der Waals surface area contributed by atoms with Gasteiger partial charge in [-0.15, -0.1) is 0 Å². The van der Waals surface area contributed by atoms with Crippen LogP contribution in [0.4, 0.5) is 11.4 Å². The van der Waals surface area contributed by atoms with Crippen molar-refractivity contribution in [1.29, 1.82) is 0 Å². The Bertz CT molecular complexity index is 921. The number of hydrogen-bond donors (Lipinski definition) is 2. The Morgan fingerprint density at radius 3 is 2.92 bits per heavy atom. The number of benzene rings is 2. The summed E-state index contributed by atoms with van der Waals surface area (Å²) in [5, 5.41) is 6.30. The minimum atomic E-state index is -0.217. The second-order valence-electron chi connectivity index (χ2n) is 6.01. The summed E-state index contributed by atoms with van der Waals surface area (Å²) in [6.07, 6.45) is 2.92. The smallest absolute Gasteiger partial charge is 0.255 e. The summed E-state index contributed by atoms with van der Waals surface area (Å²) in [5.41, 5.74) is 3.83. The van der Waals surface area contributed by atoms with E-state index in [0.717, 1.165) is 16.8 Å². The molecule has 2 aliphatic heterocycles. The maximum absolute atomic E-state index is 12.5. The molecule has 0 saturated carbocycles. The number of carbonyl (C=O) groups excluding carboxylic acids is 2. The van der Waals surface area contributed by atoms with Gasteiger partial charge in [0.25, 0.3) is 5.91 Å². The van der Waals surface area contributed by atoms with E-state index in [9.17, 15) is 9.59 Å². The molecule has 0 atom stereocenters. The van der Waals surface area contributed by atoms with Crippen molar-refractivity contribution in [2.45, 2.75) is 12.8 Å². The summed E-state index contributed by atoms with van der Waals surface area (Å²) >= 11 is 6.00. The van der Waals surface area contributed by atoms with Crippen LogP contribution in [-0.4, -0.2) is 18.4 Å². The Morgan fingerprint density at radius 2 is 2.04 bits per heavy atom. The molecular formula is C19H15ClN2O3. The summed E-state index contributed by atoms with van der Waals surface area (Å²) in [6, 6.07) is 10.8. The zero-order valence-electron chi connectivity index (χ0n) is 13.3. The van der Waals surface area contributed by atoms with Crippen LogP contribution in [0.2, 0.25) is 5.02 Å². The van der Waals surface area contributed by atoms with Crippen LogP contribution >= 0.6 is 11.6 Å². The topological polar surface area (TPSA) is 67.4 Å². The first kappa shape index (κ1) is 15.7. The molecule has 0 aliphatic carbocycles. The van der Waals surface area contributed by atoms with Gasteiger partial charge in [-0.1, -0.05) is 11.6 Å². The Balaban J connectivity index is 1.54. The van der Waals surface area contributed by atoms with Gasteiger partial charge in [-0.25, -0.2) is 0 Å². The van der Waals surface area contributed by atoms with Crippen molar-refractivity contribution in [2.75, 3.05) is 17.2 Å². The van der Waals surface area contributed by atoms with Crippen molar-refractivity contribution >= 4 is 40.9 Å². The highest BCUT2D eigenvalue weighted by atomic mass is 35.5. The van der Waals surface area contributed by atoms with Gasteiger partial charge in [-0.3, -0.25) is 9.59 Å². The number of amides is 2. The van der Waals surface area contributed by atoms with E-state index in [1.54, 1.807) is 30.3 Å². The van der Waals surface area contributed by atoms with Crippen LogP contribution in [0, 0.1) is 0 Å². The number of halogens is 1. The van der Waals surface area contributed by atoms with Crippen LogP contribution in [-0.2, 0) is 16.0 Å². The minimum Gasteiger partial charge on any atom is -0.488 e. The highest BCUT2D eigenvalue weighted by Crippen LogP contribution is 2.30. The number of carbonyl (C=O) groups is 2. The SMILES string of the molecule is O=C1CCc2cc(NC(=O)C3=Cc4cc(Cl)ccc4OC3)ccc2N1. The lowest BCUT2D eigenvalue weighted by atomic mass is 10.0. The van der Waals surface area contributed by atoms with Crippen molar-refractivity contribution in [3.8, 4) is 5.75 Å². The van der Waals surface area contributed by atoms with Crippen molar-refractivity contribution in [3.05, 3.63) is 58.1 Å². The average Bonchev–Trinajstić information content (AvgIpc) is 2.61. The summed E-state index contributed by atoms with van der Waals surface area (Å²) in [6.45, 7) is 0.210. The van der Waals surface area contributed by atoms with Crippen LogP contribution in [0.3, 0.4) is 0 Å². The zero-order valence-corrected chi connectivity index (χ0v) is 14.0. The number of aryl methyl sites for hydroxylation is 1. The second-order valence-corrected chi connectivity index (χ2v) is 6.45. The van der Waals surface area contributed by atoms with E-state index < -0.39 is 0 Å². The molecule has 0 aromatic heterocycles. The normalized spacial score (nSPS) is 15.2. The highest BCUT2D eigenvalue weighted by molar-refractivity contribution is 6.30. The molecule has 0 radical (unpaired) electrons. The number of anilines is 2. The largest absolute Gasteiger partial charge is 0.488 e. The van der Waals surface area contributed by atoms with Crippen LogP contribution in [0.1, 0.15) is 17.5 Å². The van der Waals surface area contributed by atoms with Gasteiger partial charge in [0, 0.05) is 28.4 Å². The fourth-order valence-corrected chi connectivity index (χ4v) is 3.13. The third kappa shape index (κ3) is 3.23. The molecule has 0 bridgehead atoms. The van der Waals surface area contributed by atoms with E-state index in [0.29, 0.717) is 34.9 Å². The van der Waals surface area contributed by atoms with Gasteiger partial charge >= 0.3 is 0 Å². The van der Waals surface area contributed by atoms with Crippen molar-refractivity contribution < 1.29 is 14.3 Å². The van der Waals surface area contributed by atoms with Crippen LogP contribution < -0.4 is 15.4 Å². The Kier molecular flexibility index (Phi) is 3.93. The molecule has 2 aromatic carbocycles. The number of ether oxygens (including phenoxy) is 1. The first-order valence-corrected chi connectivity index (χ1v) is 8.33. The van der Waals surface area contributed by atoms with Gasteiger partial charge in [0.15, 0.2) is 0 Å². The van der Waals surface area contributed by atoms with Crippen molar-refractivity contribution in [2.24, 2.45) is 0 Å². The third-order valence-electron chi connectivity index (χ3n) is 4.23. The molecule has 2 aliphatic rings. The van der Waals surface area contributed by atoms with E-state index in [4.69, 9.17) is 16.3 Å². The summed E-state index contributed by atoms with van der Waals surface area (Å²) in [7, 11) is 0. The fourth-order valence-electron chi connectivity index (χ4n) is 2.95. The lowest BCUT2D eigenvalue weighted by Crippen LogP contribution is -2.22. The van der Waals surface area contributed by atoms with E-state index in [-0.39, 0.29) is 18.4 Å². The molecule has 4 rings (SSSR count). The van der Waals surface area contributed by atoms with Gasteiger partial charge in [-0.05, 0) is 54.5 Å². The highest BCUT2D eigenvalue weighted by Gasteiger charge is 2.19. The van der Waals surface area contributed by atoms with E-state index in [1.807, 2.05) is 12.1 Å². The first-order valence-electron chi connectivity index (χ1n) is 7.95. The van der Waals surface area contributed by atoms with Gasteiger partial charge in [0.1, 0.15) is 12.4 Å². The molecule has 2 amide bonds. The van der Waals surface area contributed by atoms with Gasteiger partial charge in [0.05, 0.1) is 5.57 Å². The maximum Gasteiger partial charge on any atom is 0.255 e. The van der Waals surface area contributed by atoms with Gasteiger partial charge in [-0.2, -0.15) is 0 Å². The number of hydrogen-bond acceptors (Lipinski definition) is 3. The van der Waals surface area contributed by atoms with Crippen LogP contribution in [0.15, 0.2) is 42.0 Å². The molecule has 0 spiro atoms. The lowest BCUT2D eigenvalue weighted by molar-refractivity contribution is -0.116. The minimum absolute atomic E-state index is 0.0196. The zero-order chi connectivity index (χ0) is 17.4. The van der Waals surface area contributed by atoms with E-state index in [1.165, 1.54) is 0 Å². The average molecular weight is 355 g/mol. The van der Waals surface area contributed by atoms with Crippen molar-refractivity contribution in [3.63, 3.8) is 0 Å². The second kappa shape index (κ2) is 6.26. The van der Waals surface area contributed by atoms with E-state index in [2.05, 4.69) is 10.6 Å². The molecule has 5 nitrogen and oxygen atoms in total. The predicted molar refractivity (Wildman–Crippen MR) is 96.9 cm³/mol. The number of fused-ring (bicyclic) bond motifs is 2. The number of rotatable bonds is 2. The quantitative estimate of drug-likeness (QED) is 0.865. The Labute approximate surface area is 149 Å². The molecular weight excluding hydrogens is 340 g/mol. The molecule has 6 heteroatoms. The number of nitrogens with one attached hydrogen (secondary N) is 2. The lowest BCUT2D eigenvalue weighted by Gasteiger charge is -2.19. The monoisotopic (exact) mass is 354 g/mol.